The fraction of sp³-hybridized carbons (Fsp3) is 0.316. The largest absolute Gasteiger partial charge is 0.373 e. The first-order chi connectivity index (χ1) is 10.2. The van der Waals surface area contributed by atoms with E-state index in [1.54, 1.807) is 0 Å². The van der Waals surface area contributed by atoms with Crippen molar-refractivity contribution in [1.29, 1.82) is 5.26 Å². The van der Waals surface area contributed by atoms with Gasteiger partial charge >= 0.3 is 0 Å². The molecule has 0 bridgehead atoms. The highest BCUT2D eigenvalue weighted by atomic mass is 16.5. The van der Waals surface area contributed by atoms with Crippen LogP contribution in [0.3, 0.4) is 0 Å². The third-order valence-corrected chi connectivity index (χ3v) is 3.74. The van der Waals surface area contributed by atoms with E-state index >= 15 is 0 Å². The zero-order valence-electron chi connectivity index (χ0n) is 12.5. The van der Waals surface area contributed by atoms with Crippen LogP contribution < -0.4 is 0 Å². The lowest BCUT2D eigenvalue weighted by Gasteiger charge is -2.36. The molecule has 1 aliphatic carbocycles. The van der Waals surface area contributed by atoms with Crippen molar-refractivity contribution in [3.05, 3.63) is 71.8 Å². The van der Waals surface area contributed by atoms with Crippen molar-refractivity contribution in [3.63, 3.8) is 0 Å². The van der Waals surface area contributed by atoms with E-state index in [1.807, 2.05) is 37.3 Å². The van der Waals surface area contributed by atoms with E-state index in [-0.39, 0.29) is 0 Å². The second-order valence-electron chi connectivity index (χ2n) is 5.37. The number of hydrogen-bond acceptors (Lipinski definition) is 2. The summed E-state index contributed by atoms with van der Waals surface area (Å²) in [4.78, 5) is 0. The molecule has 0 aliphatic heterocycles. The monoisotopic (exact) mass is 279 g/mol. The molecule has 0 spiro atoms. The van der Waals surface area contributed by atoms with Gasteiger partial charge in [-0.25, -0.2) is 0 Å². The normalized spacial score (nSPS) is 21.8. The van der Waals surface area contributed by atoms with Gasteiger partial charge in [0, 0.05) is 5.57 Å². The van der Waals surface area contributed by atoms with Gasteiger partial charge in [0.1, 0.15) is 0 Å². The van der Waals surface area contributed by atoms with Gasteiger partial charge in [-0.15, -0.1) is 0 Å². The van der Waals surface area contributed by atoms with Crippen LogP contribution in [0, 0.1) is 17.2 Å². The Labute approximate surface area is 127 Å². The van der Waals surface area contributed by atoms with Gasteiger partial charge in [0.2, 0.25) is 0 Å². The maximum atomic E-state index is 8.84. The fourth-order valence-corrected chi connectivity index (χ4v) is 2.49. The van der Waals surface area contributed by atoms with Gasteiger partial charge in [-0.3, -0.25) is 0 Å². The van der Waals surface area contributed by atoms with Crippen molar-refractivity contribution < 1.29 is 4.74 Å². The van der Waals surface area contributed by atoms with Crippen molar-refractivity contribution in [2.24, 2.45) is 5.92 Å². The smallest absolute Gasteiger partial charge is 0.0985 e. The van der Waals surface area contributed by atoms with Crippen LogP contribution in [0.25, 0.3) is 0 Å². The first-order valence-electron chi connectivity index (χ1n) is 7.31. The zero-order chi connectivity index (χ0) is 15.1. The van der Waals surface area contributed by atoms with E-state index in [4.69, 9.17) is 10.00 Å². The second-order valence-corrected chi connectivity index (χ2v) is 5.37. The molecule has 1 saturated carbocycles. The van der Waals surface area contributed by atoms with Crippen molar-refractivity contribution in [1.82, 2.24) is 0 Å². The van der Waals surface area contributed by atoms with Crippen LogP contribution in [0.5, 0.6) is 0 Å². The predicted octanol–water partition coefficient (Wildman–Crippen LogP) is 4.56. The van der Waals surface area contributed by atoms with Gasteiger partial charge in [-0.05, 0) is 42.9 Å². The molecule has 2 nitrogen and oxygen atoms in total. The molecule has 0 saturated heterocycles. The Bertz CT molecular complexity index is 571. The summed E-state index contributed by atoms with van der Waals surface area (Å²) in [5, 5.41) is 8.84. The number of rotatable bonds is 6. The minimum Gasteiger partial charge on any atom is -0.373 e. The molecule has 0 atom stereocenters. The third kappa shape index (κ3) is 4.44. The molecule has 2 heteroatoms. The lowest BCUT2D eigenvalue weighted by molar-refractivity contribution is -0.0301. The number of hydrogen-bond donors (Lipinski definition) is 0. The number of ether oxygens (including phenoxy) is 1. The van der Waals surface area contributed by atoms with E-state index in [0.29, 0.717) is 24.2 Å². The first kappa shape index (κ1) is 15.3. The van der Waals surface area contributed by atoms with E-state index in [2.05, 4.69) is 30.9 Å². The molecule has 108 valence electrons. The summed E-state index contributed by atoms with van der Waals surface area (Å²) in [5.74, 6) is 0.479. The van der Waals surface area contributed by atoms with E-state index in [9.17, 15) is 0 Å². The Morgan fingerprint density at radius 1 is 1.38 bits per heavy atom. The van der Waals surface area contributed by atoms with Crippen LogP contribution in [-0.2, 0) is 11.3 Å². The van der Waals surface area contributed by atoms with Crippen molar-refractivity contribution in [2.45, 2.75) is 32.5 Å². The quantitative estimate of drug-likeness (QED) is 0.564. The van der Waals surface area contributed by atoms with Crippen LogP contribution in [0.1, 0.15) is 25.3 Å². The minimum absolute atomic E-state index is 0.319. The maximum absolute atomic E-state index is 8.84. The van der Waals surface area contributed by atoms with E-state index in [1.165, 1.54) is 11.1 Å². The highest BCUT2D eigenvalue weighted by Gasteiger charge is 2.31. The van der Waals surface area contributed by atoms with Crippen LogP contribution in [0.2, 0.25) is 0 Å². The van der Waals surface area contributed by atoms with Crippen LogP contribution in [-0.4, -0.2) is 6.10 Å². The highest BCUT2D eigenvalue weighted by molar-refractivity contribution is 5.38. The summed E-state index contributed by atoms with van der Waals surface area (Å²) >= 11 is 0. The van der Waals surface area contributed by atoms with Crippen LogP contribution in [0.15, 0.2) is 66.3 Å². The van der Waals surface area contributed by atoms with E-state index < -0.39 is 0 Å². The predicted molar refractivity (Wildman–Crippen MR) is 85.4 cm³/mol. The standard InChI is InChI=1S/C19H21NO/c1-3-7-17(10-15(2)13-20)18-11-19(12-18)21-14-16-8-5-4-6-9-16/h3-10,18-19H,2,11-12,14H2,1H3/b7-3-,17-10+. The van der Waals surface area contributed by atoms with Crippen molar-refractivity contribution in [3.8, 4) is 6.07 Å². The molecule has 0 unspecified atom stereocenters. The van der Waals surface area contributed by atoms with E-state index in [0.717, 1.165) is 12.8 Å². The average molecular weight is 279 g/mol. The molecule has 21 heavy (non-hydrogen) atoms. The molecule has 0 amide bonds. The fourth-order valence-electron chi connectivity index (χ4n) is 2.49. The zero-order valence-corrected chi connectivity index (χ0v) is 12.5. The van der Waals surface area contributed by atoms with Gasteiger partial charge in [0.25, 0.3) is 0 Å². The molecule has 0 aromatic heterocycles. The Morgan fingerprint density at radius 3 is 2.71 bits per heavy atom. The number of benzene rings is 1. The molecule has 1 fully saturated rings. The molecule has 1 aromatic rings. The summed E-state index contributed by atoms with van der Waals surface area (Å²) in [6.45, 7) is 6.39. The minimum atomic E-state index is 0.319. The Hall–Kier alpha value is -2.11. The van der Waals surface area contributed by atoms with Gasteiger partial charge in [-0.2, -0.15) is 5.26 Å². The first-order valence-corrected chi connectivity index (χ1v) is 7.31. The maximum Gasteiger partial charge on any atom is 0.0985 e. The summed E-state index contributed by atoms with van der Waals surface area (Å²) in [5.41, 5.74) is 2.91. The lowest BCUT2D eigenvalue weighted by Crippen LogP contribution is -2.32. The highest BCUT2D eigenvalue weighted by Crippen LogP contribution is 2.37. The molecule has 0 heterocycles. The molecule has 1 aliphatic rings. The number of nitrogens with zero attached hydrogens (tertiary/aromatic N) is 1. The average Bonchev–Trinajstić information content (AvgIpc) is 2.46. The summed E-state index contributed by atoms with van der Waals surface area (Å²) in [7, 11) is 0. The summed E-state index contributed by atoms with van der Waals surface area (Å²) in [6.07, 6.45) is 8.32. The van der Waals surface area contributed by atoms with Crippen molar-refractivity contribution in [2.75, 3.05) is 0 Å². The van der Waals surface area contributed by atoms with Crippen molar-refractivity contribution >= 4 is 0 Å². The van der Waals surface area contributed by atoms with Gasteiger partial charge in [-0.1, -0.05) is 49.1 Å². The van der Waals surface area contributed by atoms with Gasteiger partial charge < -0.3 is 4.74 Å². The third-order valence-electron chi connectivity index (χ3n) is 3.74. The molecular formula is C19H21NO. The summed E-state index contributed by atoms with van der Waals surface area (Å²) < 4.78 is 5.92. The number of nitriles is 1. The molecule has 0 radical (unpaired) electrons. The molecule has 2 rings (SSSR count). The van der Waals surface area contributed by atoms with Gasteiger partial charge in [0.15, 0.2) is 0 Å². The topological polar surface area (TPSA) is 33.0 Å². The second kappa shape index (κ2) is 7.61. The Balaban J connectivity index is 1.83. The summed E-state index contributed by atoms with van der Waals surface area (Å²) in [6, 6.07) is 12.3. The Morgan fingerprint density at radius 2 is 2.10 bits per heavy atom. The van der Waals surface area contributed by atoms with Crippen LogP contribution >= 0.6 is 0 Å². The SMILES string of the molecule is C=C(C#N)/C=C(\C=C/C)C1CC(OCc2ccccc2)C1. The molecule has 0 N–H and O–H groups in total. The number of allylic oxidation sites excluding steroid dienone is 5. The van der Waals surface area contributed by atoms with Gasteiger partial charge in [0.05, 0.1) is 18.8 Å². The molecule has 1 aromatic carbocycles. The lowest BCUT2D eigenvalue weighted by atomic mass is 9.76. The molecular weight excluding hydrogens is 258 g/mol. The Kier molecular flexibility index (Phi) is 5.54. The van der Waals surface area contributed by atoms with Crippen LogP contribution in [0.4, 0.5) is 0 Å².